The number of carbonyl (C=O) groups is 1. The monoisotopic (exact) mass is 85.0 g/mol. The van der Waals surface area contributed by atoms with Crippen molar-refractivity contribution < 1.29 is 39.8 Å². The molecule has 0 saturated heterocycles. The fourth-order valence-electron chi connectivity index (χ4n) is 0. The number of amides is 1. The molecule has 0 aliphatic carbocycles. The van der Waals surface area contributed by atoms with E-state index in [0.29, 0.717) is 0 Å². The minimum atomic E-state index is 0. The van der Waals surface area contributed by atoms with Gasteiger partial charge in [0.15, 0.2) is 0 Å². The molecule has 5 heavy (non-hydrogen) atoms. The number of hydrogen-bond acceptors (Lipinski definition) is 2. The molecule has 0 atom stereocenters. The van der Waals surface area contributed by atoms with Crippen LogP contribution in [-0.2, 0) is 4.79 Å². The summed E-state index contributed by atoms with van der Waals surface area (Å²) in [5, 5.41) is 0. The smallest absolute Gasteiger partial charge is 0.870 e. The van der Waals surface area contributed by atoms with Crippen LogP contribution in [0.5, 0.6) is 0 Å². The summed E-state index contributed by atoms with van der Waals surface area (Å²) in [6.07, 6.45) is 0.250. The molecule has 0 spiro atoms. The number of rotatable bonds is 0. The zero-order chi connectivity index (χ0) is 2.71. The van der Waals surface area contributed by atoms with E-state index in [1.165, 1.54) is 0 Å². The van der Waals surface area contributed by atoms with Gasteiger partial charge in [0.2, 0.25) is 6.41 Å². The van der Waals surface area contributed by atoms with Crippen LogP contribution in [-0.4, -0.2) is 11.9 Å². The first kappa shape index (κ1) is 18.0. The second-order valence-corrected chi connectivity index (χ2v) is 0.136. The number of primary amides is 1. The molecule has 1 amide bonds. The van der Waals surface area contributed by atoms with Gasteiger partial charge in [-0.15, -0.1) is 0 Å². The van der Waals surface area contributed by atoms with Crippen LogP contribution < -0.4 is 35.3 Å². The summed E-state index contributed by atoms with van der Waals surface area (Å²) < 4.78 is 0. The van der Waals surface area contributed by atoms with E-state index in [9.17, 15) is 0 Å². The fourth-order valence-corrected chi connectivity index (χ4v) is 0. The molecule has 0 aliphatic heterocycles. The van der Waals surface area contributed by atoms with E-state index in [0.717, 1.165) is 0 Å². The molecule has 0 heterocycles. The average Bonchev–Trinajstić information content (AvgIpc) is 0.918. The van der Waals surface area contributed by atoms with Crippen molar-refractivity contribution in [2.24, 2.45) is 5.73 Å². The van der Waals surface area contributed by atoms with Gasteiger partial charge in [-0.3, -0.25) is 4.79 Å². The Bertz CT molecular complexity index is 17.1. The summed E-state index contributed by atoms with van der Waals surface area (Å²) in [5.41, 5.74) is 4.17. The first-order chi connectivity index (χ1) is 1.41. The van der Waals surface area contributed by atoms with Gasteiger partial charge < -0.3 is 11.2 Å². The molecule has 0 unspecified atom stereocenters. The molecule has 26 valence electrons. The first-order valence-electron chi connectivity index (χ1n) is 0.569. The summed E-state index contributed by atoms with van der Waals surface area (Å²) in [6, 6.07) is 0. The third kappa shape index (κ3) is 141. The minimum absolute atomic E-state index is 0. The SMILES string of the molecule is NC=O.[Na+].[OH-]. The summed E-state index contributed by atoms with van der Waals surface area (Å²) in [6.45, 7) is 0. The van der Waals surface area contributed by atoms with Crippen molar-refractivity contribution in [1.82, 2.24) is 0 Å². The maximum atomic E-state index is 8.58. The maximum absolute atomic E-state index is 8.58. The molecule has 0 rings (SSSR count). The van der Waals surface area contributed by atoms with Gasteiger partial charge in [0, 0.05) is 0 Å². The summed E-state index contributed by atoms with van der Waals surface area (Å²) >= 11 is 0. The van der Waals surface area contributed by atoms with Crippen LogP contribution in [0.25, 0.3) is 0 Å². The van der Waals surface area contributed by atoms with Crippen LogP contribution in [0.15, 0.2) is 0 Å². The Morgan fingerprint density at radius 1 is 1.60 bits per heavy atom. The minimum Gasteiger partial charge on any atom is -0.870 e. The van der Waals surface area contributed by atoms with Crippen molar-refractivity contribution in [1.29, 1.82) is 0 Å². The number of hydrogen-bond donors (Lipinski definition) is 1. The molecular weight excluding hydrogens is 81.0 g/mol. The molecule has 0 aromatic rings. The van der Waals surface area contributed by atoms with Gasteiger partial charge in [0.05, 0.1) is 0 Å². The van der Waals surface area contributed by atoms with Crippen LogP contribution in [0, 0.1) is 0 Å². The van der Waals surface area contributed by atoms with Gasteiger partial charge in [0.1, 0.15) is 0 Å². The summed E-state index contributed by atoms with van der Waals surface area (Å²) in [7, 11) is 0. The van der Waals surface area contributed by atoms with E-state index in [1.807, 2.05) is 0 Å². The van der Waals surface area contributed by atoms with Gasteiger partial charge in [-0.25, -0.2) is 0 Å². The Balaban J connectivity index is -0.0000000200. The molecule has 0 radical (unpaired) electrons. The Hall–Kier alpha value is 0.430. The maximum Gasteiger partial charge on any atom is 1.00 e. The van der Waals surface area contributed by atoms with E-state index >= 15 is 0 Å². The normalized spacial score (nSPS) is 2.40. The molecule has 0 bridgehead atoms. The third-order valence-electron chi connectivity index (χ3n) is 0. The van der Waals surface area contributed by atoms with Gasteiger partial charge >= 0.3 is 29.6 Å². The molecule has 4 heteroatoms. The van der Waals surface area contributed by atoms with E-state index in [1.54, 1.807) is 0 Å². The van der Waals surface area contributed by atoms with E-state index in [2.05, 4.69) is 5.73 Å². The van der Waals surface area contributed by atoms with Gasteiger partial charge in [-0.05, 0) is 0 Å². The molecule has 0 aromatic carbocycles. The van der Waals surface area contributed by atoms with Crippen molar-refractivity contribution in [2.75, 3.05) is 0 Å². The van der Waals surface area contributed by atoms with Crippen molar-refractivity contribution in [3.05, 3.63) is 0 Å². The van der Waals surface area contributed by atoms with Crippen molar-refractivity contribution >= 4 is 6.41 Å². The first-order valence-corrected chi connectivity index (χ1v) is 0.569. The fraction of sp³-hybridized carbons (Fsp3) is 0. The Morgan fingerprint density at radius 2 is 1.60 bits per heavy atom. The summed E-state index contributed by atoms with van der Waals surface area (Å²) in [4.78, 5) is 8.58. The quantitative estimate of drug-likeness (QED) is 0.240. The second-order valence-electron chi connectivity index (χ2n) is 0.136. The van der Waals surface area contributed by atoms with Crippen molar-refractivity contribution in [2.45, 2.75) is 0 Å². The van der Waals surface area contributed by atoms with Gasteiger partial charge in [-0.1, -0.05) is 0 Å². The molecule has 3 N–H and O–H groups in total. The largest absolute Gasteiger partial charge is 1.00 e. The van der Waals surface area contributed by atoms with Crippen LogP contribution >= 0.6 is 0 Å². The van der Waals surface area contributed by atoms with E-state index in [-0.39, 0.29) is 41.4 Å². The predicted molar refractivity (Wildman–Crippen MR) is 12.2 cm³/mol. The molecular formula is CH4NNaO2. The van der Waals surface area contributed by atoms with E-state index < -0.39 is 0 Å². The van der Waals surface area contributed by atoms with Crippen molar-refractivity contribution in [3.8, 4) is 0 Å². The van der Waals surface area contributed by atoms with Crippen LogP contribution in [0.3, 0.4) is 0 Å². The average molecular weight is 85.0 g/mol. The second kappa shape index (κ2) is 25.5. The molecule has 3 nitrogen and oxygen atoms in total. The zero-order valence-electron chi connectivity index (χ0n) is 3.01. The van der Waals surface area contributed by atoms with Crippen molar-refractivity contribution in [3.63, 3.8) is 0 Å². The Morgan fingerprint density at radius 3 is 1.60 bits per heavy atom. The Kier molecular flexibility index (Phi) is 92.0. The molecule has 0 aliphatic rings. The molecule has 0 saturated carbocycles. The van der Waals surface area contributed by atoms with Crippen LogP contribution in [0.4, 0.5) is 0 Å². The summed E-state index contributed by atoms with van der Waals surface area (Å²) in [5.74, 6) is 0. The predicted octanol–water partition coefficient (Wildman–Crippen LogP) is -4.07. The third-order valence-corrected chi connectivity index (χ3v) is 0. The van der Waals surface area contributed by atoms with Crippen LogP contribution in [0.1, 0.15) is 0 Å². The molecule has 0 aromatic heterocycles. The van der Waals surface area contributed by atoms with Gasteiger partial charge in [0.25, 0.3) is 0 Å². The molecule has 0 fully saturated rings. The zero-order valence-corrected chi connectivity index (χ0v) is 5.01. The Labute approximate surface area is 52.1 Å². The van der Waals surface area contributed by atoms with Crippen LogP contribution in [0.2, 0.25) is 0 Å². The van der Waals surface area contributed by atoms with Gasteiger partial charge in [-0.2, -0.15) is 0 Å². The number of nitrogens with two attached hydrogens (primary N) is 1. The standard InChI is InChI=1S/CH3NO.Na.H2O/c2-1-3;;/h1H,(H2,2,3);;1H2/q;+1;/p-1. The number of carbonyl (C=O) groups excluding carboxylic acids is 1. The van der Waals surface area contributed by atoms with E-state index in [4.69, 9.17) is 4.79 Å². The topological polar surface area (TPSA) is 73.1 Å².